The molecule has 1 heterocycles. The van der Waals surface area contributed by atoms with Gasteiger partial charge < -0.3 is 25.3 Å². The zero-order valence-electron chi connectivity index (χ0n) is 17.3. The third-order valence-corrected chi connectivity index (χ3v) is 4.23. The quantitative estimate of drug-likeness (QED) is 0.382. The Labute approximate surface area is 180 Å². The van der Waals surface area contributed by atoms with Gasteiger partial charge in [-0.05, 0) is 17.9 Å². The zero-order valence-corrected chi connectivity index (χ0v) is 17.3. The van der Waals surface area contributed by atoms with Crippen LogP contribution in [-0.2, 0) is 20.7 Å². The fourth-order valence-electron chi connectivity index (χ4n) is 2.85. The highest BCUT2D eigenvalue weighted by Crippen LogP contribution is 2.09. The molecular formula is C20H25BN4O6. The summed E-state index contributed by atoms with van der Waals surface area (Å²) in [5.74, 6) is -2.22. The zero-order chi connectivity index (χ0) is 22.8. The highest BCUT2D eigenvalue weighted by atomic mass is 16.6. The highest BCUT2D eigenvalue weighted by molar-refractivity contribution is 6.36. The summed E-state index contributed by atoms with van der Waals surface area (Å²) in [4.78, 5) is 45.5. The number of aromatic nitrogens is 2. The van der Waals surface area contributed by atoms with Gasteiger partial charge in [-0.3, -0.25) is 19.4 Å². The number of hydrogen-bond acceptors (Lipinski definition) is 8. The van der Waals surface area contributed by atoms with E-state index in [1.165, 1.54) is 18.6 Å². The Hall–Kier alpha value is -3.31. The molecule has 0 spiro atoms. The Morgan fingerprint density at radius 2 is 1.77 bits per heavy atom. The predicted octanol–water partition coefficient (Wildman–Crippen LogP) is -0.139. The molecule has 0 radical (unpaired) electrons. The lowest BCUT2D eigenvalue weighted by atomic mass is 10.0. The lowest BCUT2D eigenvalue weighted by molar-refractivity contribution is -0.142. The molecule has 0 saturated carbocycles. The summed E-state index contributed by atoms with van der Waals surface area (Å²) < 4.78 is 4.41. The van der Waals surface area contributed by atoms with Gasteiger partial charge in [0, 0.05) is 18.8 Å². The summed E-state index contributed by atoms with van der Waals surface area (Å²) in [6, 6.07) is 6.88. The van der Waals surface area contributed by atoms with E-state index in [0.717, 1.165) is 5.56 Å². The number of amides is 2. The van der Waals surface area contributed by atoms with Crippen LogP contribution in [0.25, 0.3) is 0 Å². The second kappa shape index (κ2) is 11.8. The van der Waals surface area contributed by atoms with Gasteiger partial charge in [0.25, 0.3) is 5.91 Å². The molecule has 1 aromatic carbocycles. The van der Waals surface area contributed by atoms with Crippen molar-refractivity contribution < 1.29 is 29.1 Å². The van der Waals surface area contributed by atoms with Crippen molar-refractivity contribution in [1.82, 2.24) is 20.6 Å². The van der Waals surface area contributed by atoms with Gasteiger partial charge in [-0.25, -0.2) is 4.98 Å². The molecular weight excluding hydrogens is 403 g/mol. The van der Waals surface area contributed by atoms with Crippen molar-refractivity contribution in [2.24, 2.45) is 5.92 Å². The number of nitrogens with one attached hydrogen (secondary N) is 2. The van der Waals surface area contributed by atoms with Crippen molar-refractivity contribution >= 4 is 25.1 Å². The lowest BCUT2D eigenvalue weighted by Crippen LogP contribution is -2.53. The van der Waals surface area contributed by atoms with E-state index < -0.39 is 37.2 Å². The number of carbonyl (C=O) groups excluding carboxylic acids is 3. The van der Waals surface area contributed by atoms with Crippen LogP contribution in [0.15, 0.2) is 48.9 Å². The molecule has 2 amide bonds. The van der Waals surface area contributed by atoms with Crippen LogP contribution in [0.3, 0.4) is 0 Å². The molecule has 2 rings (SSSR count). The Morgan fingerprint density at radius 1 is 1.06 bits per heavy atom. The minimum atomic E-state index is -2.30. The number of rotatable bonds is 10. The molecule has 0 unspecified atom stereocenters. The molecule has 0 saturated heterocycles. The van der Waals surface area contributed by atoms with Crippen molar-refractivity contribution in [3.8, 4) is 0 Å². The van der Waals surface area contributed by atoms with Crippen molar-refractivity contribution in [2.75, 3.05) is 0 Å². The second-order valence-corrected chi connectivity index (χ2v) is 7.26. The van der Waals surface area contributed by atoms with Crippen molar-refractivity contribution in [1.29, 1.82) is 0 Å². The van der Waals surface area contributed by atoms with Gasteiger partial charge in [0.1, 0.15) is 17.8 Å². The normalized spacial score (nSPS) is 12.5. The lowest BCUT2D eigenvalue weighted by Gasteiger charge is -2.23. The first-order valence-electron chi connectivity index (χ1n) is 9.74. The van der Waals surface area contributed by atoms with E-state index in [9.17, 15) is 14.4 Å². The topological polar surface area (TPSA) is 151 Å². The van der Waals surface area contributed by atoms with E-state index in [1.807, 2.05) is 19.9 Å². The van der Waals surface area contributed by atoms with Crippen LogP contribution in [0, 0.1) is 5.92 Å². The van der Waals surface area contributed by atoms with E-state index in [-0.39, 0.29) is 24.5 Å². The Morgan fingerprint density at radius 3 is 2.35 bits per heavy atom. The molecule has 0 aliphatic rings. The largest absolute Gasteiger partial charge is 0.709 e. The van der Waals surface area contributed by atoms with Crippen LogP contribution < -0.4 is 10.6 Å². The Balaban J connectivity index is 2.20. The van der Waals surface area contributed by atoms with E-state index in [1.54, 1.807) is 24.3 Å². The van der Waals surface area contributed by atoms with Crippen molar-refractivity contribution in [2.45, 2.75) is 38.8 Å². The fraction of sp³-hybridized carbons (Fsp3) is 0.350. The average molecular weight is 428 g/mol. The molecule has 31 heavy (non-hydrogen) atoms. The Kier molecular flexibility index (Phi) is 9.10. The maximum Gasteiger partial charge on any atom is 0.709 e. The molecule has 0 aliphatic carbocycles. The van der Waals surface area contributed by atoms with Gasteiger partial charge in [0.15, 0.2) is 0 Å². The summed E-state index contributed by atoms with van der Waals surface area (Å²) >= 11 is 0. The second-order valence-electron chi connectivity index (χ2n) is 7.26. The van der Waals surface area contributed by atoms with Crippen LogP contribution in [0.2, 0.25) is 0 Å². The van der Waals surface area contributed by atoms with Crippen LogP contribution in [0.4, 0.5) is 0 Å². The molecule has 10 nitrogen and oxygen atoms in total. The first-order valence-corrected chi connectivity index (χ1v) is 9.74. The van der Waals surface area contributed by atoms with Gasteiger partial charge in [-0.15, -0.1) is 0 Å². The van der Waals surface area contributed by atoms with Gasteiger partial charge in [0.05, 0.1) is 6.20 Å². The monoisotopic (exact) mass is 428 g/mol. The molecule has 1 aromatic heterocycles. The Bertz CT molecular complexity index is 866. The van der Waals surface area contributed by atoms with Gasteiger partial charge in [-0.2, -0.15) is 0 Å². The van der Waals surface area contributed by atoms with Crippen molar-refractivity contribution in [3.63, 3.8) is 0 Å². The molecule has 0 fully saturated rings. The molecule has 0 bridgehead atoms. The molecule has 0 aliphatic heterocycles. The smallest absolute Gasteiger partial charge is 0.484 e. The van der Waals surface area contributed by atoms with E-state index in [4.69, 9.17) is 10.0 Å². The number of carbonyl (C=O) groups is 3. The fourth-order valence-corrected chi connectivity index (χ4v) is 2.85. The molecule has 164 valence electrons. The minimum absolute atomic E-state index is 0.00422. The minimum Gasteiger partial charge on any atom is -0.484 e. The van der Waals surface area contributed by atoms with Crippen LogP contribution in [-0.4, -0.2) is 57.2 Å². The van der Waals surface area contributed by atoms with Crippen LogP contribution in [0.1, 0.15) is 36.3 Å². The summed E-state index contributed by atoms with van der Waals surface area (Å²) in [5.41, 5.74) is 0.825. The SMILES string of the molecule is CC(C)C[C@H](NC(=O)[C@H](Cc1ccccc1)NC(=O)c1cnccn1)C(=O)OB(O)O. The number of hydrogen-bond donors (Lipinski definition) is 4. The average Bonchev–Trinajstić information content (AvgIpc) is 2.73. The maximum absolute atomic E-state index is 13.0. The standard InChI is InChI=1S/C20H25BN4O6/c1-13(2)10-16(20(28)31-21(29)30)25-18(26)15(11-14-6-4-3-5-7-14)24-19(27)17-12-22-8-9-23-17/h3-9,12-13,15-16,29-30H,10-11H2,1-2H3,(H,24,27)(H,25,26)/t15-,16-/m0/s1. The van der Waals surface area contributed by atoms with Crippen LogP contribution in [0.5, 0.6) is 0 Å². The first-order chi connectivity index (χ1) is 14.8. The number of nitrogens with zero attached hydrogens (tertiary/aromatic N) is 2. The molecule has 2 atom stereocenters. The highest BCUT2D eigenvalue weighted by Gasteiger charge is 2.30. The number of benzene rings is 1. The molecule has 11 heteroatoms. The first kappa shape index (κ1) is 24.0. The maximum atomic E-state index is 13.0. The molecule has 2 aromatic rings. The van der Waals surface area contributed by atoms with Gasteiger partial charge >= 0.3 is 13.3 Å². The summed E-state index contributed by atoms with van der Waals surface area (Å²) in [7, 11) is -2.30. The third-order valence-electron chi connectivity index (χ3n) is 4.23. The van der Waals surface area contributed by atoms with E-state index in [2.05, 4.69) is 25.3 Å². The van der Waals surface area contributed by atoms with E-state index >= 15 is 0 Å². The van der Waals surface area contributed by atoms with Crippen molar-refractivity contribution in [3.05, 3.63) is 60.2 Å². The molecule has 4 N–H and O–H groups in total. The van der Waals surface area contributed by atoms with E-state index in [0.29, 0.717) is 0 Å². The van der Waals surface area contributed by atoms with Gasteiger partial charge in [0.2, 0.25) is 5.91 Å². The summed E-state index contributed by atoms with van der Waals surface area (Å²) in [5, 5.41) is 23.0. The van der Waals surface area contributed by atoms with Crippen LogP contribution >= 0.6 is 0 Å². The summed E-state index contributed by atoms with van der Waals surface area (Å²) in [6.07, 6.45) is 4.41. The third kappa shape index (κ3) is 8.15. The van der Waals surface area contributed by atoms with Gasteiger partial charge in [-0.1, -0.05) is 44.2 Å². The summed E-state index contributed by atoms with van der Waals surface area (Å²) in [6.45, 7) is 3.66. The predicted molar refractivity (Wildman–Crippen MR) is 111 cm³/mol.